The van der Waals surface area contributed by atoms with E-state index in [-0.39, 0.29) is 17.4 Å². The zero-order valence-corrected chi connectivity index (χ0v) is 10.6. The molecular weight excluding hydrogens is 230 g/mol. The van der Waals surface area contributed by atoms with Gasteiger partial charge in [-0.3, -0.25) is 9.59 Å². The number of carbonyl (C=O) groups is 1. The normalized spacial score (nSPS) is 19.5. The first-order chi connectivity index (χ1) is 8.70. The minimum atomic E-state index is -0.0465. The highest BCUT2D eigenvalue weighted by molar-refractivity contribution is 5.92. The highest BCUT2D eigenvalue weighted by Crippen LogP contribution is 2.13. The molecule has 0 saturated carbocycles. The molecule has 18 heavy (non-hydrogen) atoms. The summed E-state index contributed by atoms with van der Waals surface area (Å²) in [4.78, 5) is 23.4. The lowest BCUT2D eigenvalue weighted by molar-refractivity contribution is -0.120. The van der Waals surface area contributed by atoms with E-state index in [0.717, 1.165) is 25.9 Å². The van der Waals surface area contributed by atoms with E-state index in [1.807, 2.05) is 6.92 Å². The second-order valence-electron chi connectivity index (χ2n) is 4.57. The first-order valence-corrected chi connectivity index (χ1v) is 6.43. The molecule has 0 aromatic carbocycles. The molecule has 2 N–H and O–H groups in total. The van der Waals surface area contributed by atoms with E-state index in [1.165, 1.54) is 6.07 Å². The SMILES string of the molecule is CCn1cc(NC(=O)[C@H]2CCCNC2)ccc1=O. The Morgan fingerprint density at radius 2 is 2.39 bits per heavy atom. The molecule has 0 spiro atoms. The summed E-state index contributed by atoms with van der Waals surface area (Å²) >= 11 is 0. The van der Waals surface area contributed by atoms with Crippen molar-refractivity contribution in [3.05, 3.63) is 28.7 Å². The van der Waals surface area contributed by atoms with Gasteiger partial charge in [-0.15, -0.1) is 0 Å². The number of anilines is 1. The lowest BCUT2D eigenvalue weighted by Gasteiger charge is -2.22. The van der Waals surface area contributed by atoms with Gasteiger partial charge in [0.1, 0.15) is 0 Å². The summed E-state index contributed by atoms with van der Waals surface area (Å²) in [5.41, 5.74) is 0.641. The molecule has 2 heterocycles. The van der Waals surface area contributed by atoms with Gasteiger partial charge in [-0.05, 0) is 32.4 Å². The number of amides is 1. The zero-order valence-electron chi connectivity index (χ0n) is 10.6. The summed E-state index contributed by atoms with van der Waals surface area (Å²) in [6, 6.07) is 3.14. The number of pyridine rings is 1. The van der Waals surface area contributed by atoms with Gasteiger partial charge < -0.3 is 15.2 Å². The summed E-state index contributed by atoms with van der Waals surface area (Å²) in [6.45, 7) is 4.23. The predicted molar refractivity (Wildman–Crippen MR) is 70.6 cm³/mol. The second kappa shape index (κ2) is 5.82. The first kappa shape index (κ1) is 12.8. The Morgan fingerprint density at radius 3 is 3.06 bits per heavy atom. The summed E-state index contributed by atoms with van der Waals surface area (Å²) in [5.74, 6) is 0.0595. The van der Waals surface area contributed by atoms with Gasteiger partial charge in [-0.2, -0.15) is 0 Å². The maximum atomic E-state index is 12.0. The van der Waals surface area contributed by atoms with Gasteiger partial charge in [-0.1, -0.05) is 0 Å². The van der Waals surface area contributed by atoms with Crippen molar-refractivity contribution in [2.45, 2.75) is 26.3 Å². The standard InChI is InChI=1S/C13H19N3O2/c1-2-16-9-11(5-6-12(16)17)15-13(18)10-4-3-7-14-8-10/h5-6,9-10,14H,2-4,7-8H2,1H3,(H,15,18)/t10-/m0/s1. The fourth-order valence-electron chi connectivity index (χ4n) is 2.17. The van der Waals surface area contributed by atoms with Crippen LogP contribution in [0.1, 0.15) is 19.8 Å². The zero-order chi connectivity index (χ0) is 13.0. The van der Waals surface area contributed by atoms with Crippen molar-refractivity contribution in [3.63, 3.8) is 0 Å². The fraction of sp³-hybridized carbons (Fsp3) is 0.538. The molecule has 0 aliphatic carbocycles. The number of hydrogen-bond acceptors (Lipinski definition) is 3. The largest absolute Gasteiger partial charge is 0.325 e. The van der Waals surface area contributed by atoms with Crippen molar-refractivity contribution in [2.75, 3.05) is 18.4 Å². The highest BCUT2D eigenvalue weighted by atomic mass is 16.2. The minimum Gasteiger partial charge on any atom is -0.325 e. The van der Waals surface area contributed by atoms with Crippen LogP contribution in [0.3, 0.4) is 0 Å². The topological polar surface area (TPSA) is 63.1 Å². The molecule has 1 fully saturated rings. The molecule has 0 bridgehead atoms. The van der Waals surface area contributed by atoms with Crippen LogP contribution in [0.5, 0.6) is 0 Å². The molecule has 0 unspecified atom stereocenters. The number of aromatic nitrogens is 1. The van der Waals surface area contributed by atoms with Crippen molar-refractivity contribution < 1.29 is 4.79 Å². The van der Waals surface area contributed by atoms with Crippen LogP contribution in [0.2, 0.25) is 0 Å². The third kappa shape index (κ3) is 2.98. The third-order valence-corrected chi connectivity index (χ3v) is 3.26. The van der Waals surface area contributed by atoms with Crippen LogP contribution in [0, 0.1) is 5.92 Å². The van der Waals surface area contributed by atoms with E-state index in [0.29, 0.717) is 12.2 Å². The van der Waals surface area contributed by atoms with Crippen LogP contribution in [0.4, 0.5) is 5.69 Å². The van der Waals surface area contributed by atoms with E-state index in [4.69, 9.17) is 0 Å². The molecule has 0 radical (unpaired) electrons. The summed E-state index contributed by atoms with van der Waals surface area (Å²) in [5, 5.41) is 6.09. The van der Waals surface area contributed by atoms with Crippen LogP contribution >= 0.6 is 0 Å². The quantitative estimate of drug-likeness (QED) is 0.833. The van der Waals surface area contributed by atoms with Gasteiger partial charge in [-0.25, -0.2) is 0 Å². The smallest absolute Gasteiger partial charge is 0.250 e. The maximum Gasteiger partial charge on any atom is 0.250 e. The molecular formula is C13H19N3O2. The molecule has 1 aromatic rings. The van der Waals surface area contributed by atoms with Gasteiger partial charge in [0.05, 0.1) is 11.6 Å². The van der Waals surface area contributed by atoms with Crippen LogP contribution in [0.15, 0.2) is 23.1 Å². The lowest BCUT2D eigenvalue weighted by atomic mass is 9.99. The lowest BCUT2D eigenvalue weighted by Crippen LogP contribution is -2.37. The fourth-order valence-corrected chi connectivity index (χ4v) is 2.17. The van der Waals surface area contributed by atoms with Crippen molar-refractivity contribution in [2.24, 2.45) is 5.92 Å². The molecule has 1 atom stereocenters. The Hall–Kier alpha value is -1.62. The van der Waals surface area contributed by atoms with Gasteiger partial charge in [0.25, 0.3) is 5.56 Å². The van der Waals surface area contributed by atoms with Crippen molar-refractivity contribution in [3.8, 4) is 0 Å². The van der Waals surface area contributed by atoms with E-state index >= 15 is 0 Å². The molecule has 1 aliphatic rings. The average Bonchev–Trinajstić information content (AvgIpc) is 2.42. The van der Waals surface area contributed by atoms with E-state index in [2.05, 4.69) is 10.6 Å². The third-order valence-electron chi connectivity index (χ3n) is 3.26. The highest BCUT2D eigenvalue weighted by Gasteiger charge is 2.20. The summed E-state index contributed by atoms with van der Waals surface area (Å²) in [7, 11) is 0. The Bertz CT molecular complexity index is 475. The van der Waals surface area contributed by atoms with Crippen molar-refractivity contribution in [1.82, 2.24) is 9.88 Å². The van der Waals surface area contributed by atoms with E-state index in [1.54, 1.807) is 16.8 Å². The van der Waals surface area contributed by atoms with Gasteiger partial charge in [0.15, 0.2) is 0 Å². The molecule has 1 aromatic heterocycles. The molecule has 5 heteroatoms. The van der Waals surface area contributed by atoms with E-state index in [9.17, 15) is 9.59 Å². The molecule has 5 nitrogen and oxygen atoms in total. The number of rotatable bonds is 3. The summed E-state index contributed by atoms with van der Waals surface area (Å²) < 4.78 is 1.58. The van der Waals surface area contributed by atoms with Crippen LogP contribution in [0.25, 0.3) is 0 Å². The number of carbonyl (C=O) groups excluding carboxylic acids is 1. The van der Waals surface area contributed by atoms with Crippen molar-refractivity contribution in [1.29, 1.82) is 0 Å². The number of aryl methyl sites for hydroxylation is 1. The van der Waals surface area contributed by atoms with Gasteiger partial charge in [0.2, 0.25) is 5.91 Å². The van der Waals surface area contributed by atoms with E-state index < -0.39 is 0 Å². The van der Waals surface area contributed by atoms with Gasteiger partial charge in [0, 0.05) is 25.4 Å². The Labute approximate surface area is 106 Å². The monoisotopic (exact) mass is 249 g/mol. The molecule has 1 saturated heterocycles. The van der Waals surface area contributed by atoms with Crippen LogP contribution in [-0.2, 0) is 11.3 Å². The first-order valence-electron chi connectivity index (χ1n) is 6.43. The molecule has 2 rings (SSSR count). The Morgan fingerprint density at radius 1 is 1.56 bits per heavy atom. The summed E-state index contributed by atoms with van der Waals surface area (Å²) in [6.07, 6.45) is 3.65. The predicted octanol–water partition coefficient (Wildman–Crippen LogP) is 0.806. The molecule has 98 valence electrons. The number of nitrogens with one attached hydrogen (secondary N) is 2. The number of piperidine rings is 1. The number of nitrogens with zero attached hydrogens (tertiary/aromatic N) is 1. The Balaban J connectivity index is 2.04. The number of hydrogen-bond donors (Lipinski definition) is 2. The van der Waals surface area contributed by atoms with Crippen LogP contribution in [-0.4, -0.2) is 23.6 Å². The molecule has 1 amide bonds. The maximum absolute atomic E-state index is 12.0. The van der Waals surface area contributed by atoms with Crippen LogP contribution < -0.4 is 16.2 Å². The van der Waals surface area contributed by atoms with Crippen molar-refractivity contribution >= 4 is 11.6 Å². The second-order valence-corrected chi connectivity index (χ2v) is 4.57. The van der Waals surface area contributed by atoms with Gasteiger partial charge >= 0.3 is 0 Å². The average molecular weight is 249 g/mol. The Kier molecular flexibility index (Phi) is 4.15. The molecule has 1 aliphatic heterocycles. The minimum absolute atomic E-state index is 0.0285.